The van der Waals surface area contributed by atoms with Crippen molar-refractivity contribution >= 4 is 52.1 Å². The standard InChI is InChI=1S/C42H68Br2O6S2/c1-3-5-7-9-11-13-15-17-19-21-23-25-27-33-49-51(45,46)41-35-37(43)29-31-39(41)40-32-30-38(44)36-42(40)52(47,48)50-34-28-26-24-22-20-18-16-14-12-10-8-6-4-2/h29-32,35-36H,3-28,33-34H2,1-2H3. The number of hydrogen-bond donors (Lipinski definition) is 0. The van der Waals surface area contributed by atoms with Crippen LogP contribution in [-0.4, -0.2) is 30.0 Å². The van der Waals surface area contributed by atoms with Crippen LogP contribution in [0.5, 0.6) is 0 Å². The van der Waals surface area contributed by atoms with E-state index in [0.29, 0.717) is 21.8 Å². The Morgan fingerprint density at radius 2 is 0.654 bits per heavy atom. The maximum absolute atomic E-state index is 13.5. The Morgan fingerprint density at radius 1 is 0.404 bits per heavy atom. The first kappa shape index (κ1) is 47.4. The first-order chi connectivity index (χ1) is 25.1. The molecule has 0 aliphatic rings. The number of hydrogen-bond acceptors (Lipinski definition) is 6. The molecule has 0 aliphatic heterocycles. The monoisotopic (exact) mass is 890 g/mol. The normalized spacial score (nSPS) is 12.2. The van der Waals surface area contributed by atoms with Gasteiger partial charge in [0.2, 0.25) is 0 Å². The molecule has 2 aromatic carbocycles. The third-order valence-corrected chi connectivity index (χ3v) is 13.4. The fourth-order valence-electron chi connectivity index (χ4n) is 6.55. The summed E-state index contributed by atoms with van der Waals surface area (Å²) in [6, 6.07) is 9.57. The fraction of sp³-hybridized carbons (Fsp3) is 0.714. The highest BCUT2D eigenvalue weighted by molar-refractivity contribution is 9.10. The van der Waals surface area contributed by atoms with Gasteiger partial charge in [0.15, 0.2) is 0 Å². The van der Waals surface area contributed by atoms with E-state index >= 15 is 0 Å². The Balaban J connectivity index is 1.85. The predicted molar refractivity (Wildman–Crippen MR) is 225 cm³/mol. The molecule has 2 rings (SSSR count). The number of rotatable bonds is 33. The summed E-state index contributed by atoms with van der Waals surface area (Å²) in [5.41, 5.74) is 0.508. The van der Waals surface area contributed by atoms with E-state index in [-0.39, 0.29) is 34.1 Å². The van der Waals surface area contributed by atoms with Gasteiger partial charge in [-0.2, -0.15) is 16.8 Å². The third-order valence-electron chi connectivity index (χ3n) is 9.69. The van der Waals surface area contributed by atoms with Crippen LogP contribution in [0.15, 0.2) is 55.1 Å². The lowest BCUT2D eigenvalue weighted by atomic mass is 10.0. The van der Waals surface area contributed by atoms with Crippen LogP contribution in [0.1, 0.15) is 181 Å². The summed E-state index contributed by atoms with van der Waals surface area (Å²) in [7, 11) is -8.34. The van der Waals surface area contributed by atoms with Gasteiger partial charge in [-0.3, -0.25) is 8.37 Å². The van der Waals surface area contributed by atoms with Crippen LogP contribution in [0.25, 0.3) is 11.1 Å². The average molecular weight is 893 g/mol. The first-order valence-corrected chi connectivity index (χ1v) is 24.9. The Bertz CT molecular complexity index is 1340. The molecule has 0 spiro atoms. The summed E-state index contributed by atoms with van der Waals surface area (Å²) in [5, 5.41) is 0. The quantitative estimate of drug-likeness (QED) is 0.0524. The van der Waals surface area contributed by atoms with Crippen LogP contribution in [0.3, 0.4) is 0 Å². The van der Waals surface area contributed by atoms with E-state index in [1.54, 1.807) is 24.3 Å². The largest absolute Gasteiger partial charge is 0.297 e. The molecule has 0 bridgehead atoms. The highest BCUT2D eigenvalue weighted by atomic mass is 79.9. The molecule has 0 atom stereocenters. The second kappa shape index (κ2) is 28.6. The second-order valence-electron chi connectivity index (χ2n) is 14.3. The van der Waals surface area contributed by atoms with Crippen LogP contribution in [0.2, 0.25) is 0 Å². The van der Waals surface area contributed by atoms with Crippen molar-refractivity contribution in [3.63, 3.8) is 0 Å². The van der Waals surface area contributed by atoms with E-state index in [1.807, 2.05) is 0 Å². The van der Waals surface area contributed by atoms with Crippen LogP contribution >= 0.6 is 31.9 Å². The molecular weight excluding hydrogens is 824 g/mol. The van der Waals surface area contributed by atoms with Gasteiger partial charge in [-0.1, -0.05) is 212 Å². The Hall–Kier alpha value is -0.780. The van der Waals surface area contributed by atoms with E-state index in [0.717, 1.165) is 38.5 Å². The lowest BCUT2D eigenvalue weighted by Crippen LogP contribution is -2.12. The van der Waals surface area contributed by atoms with Gasteiger partial charge in [-0.15, -0.1) is 0 Å². The third kappa shape index (κ3) is 20.2. The molecule has 6 nitrogen and oxygen atoms in total. The van der Waals surface area contributed by atoms with Crippen molar-refractivity contribution in [2.24, 2.45) is 0 Å². The first-order valence-electron chi connectivity index (χ1n) is 20.5. The van der Waals surface area contributed by atoms with Crippen molar-refractivity contribution in [2.45, 2.75) is 191 Å². The smallest absolute Gasteiger partial charge is 0.266 e. The minimum atomic E-state index is -4.17. The Morgan fingerprint density at radius 3 is 0.923 bits per heavy atom. The van der Waals surface area contributed by atoms with E-state index in [4.69, 9.17) is 8.37 Å². The maximum Gasteiger partial charge on any atom is 0.297 e. The van der Waals surface area contributed by atoms with Gasteiger partial charge in [0.1, 0.15) is 9.79 Å². The minimum Gasteiger partial charge on any atom is -0.266 e. The zero-order valence-electron chi connectivity index (χ0n) is 32.3. The molecule has 0 aromatic heterocycles. The molecule has 0 N–H and O–H groups in total. The van der Waals surface area contributed by atoms with Crippen molar-refractivity contribution in [3.05, 3.63) is 45.3 Å². The van der Waals surface area contributed by atoms with Gasteiger partial charge >= 0.3 is 0 Å². The van der Waals surface area contributed by atoms with Gasteiger partial charge in [0, 0.05) is 20.1 Å². The molecule has 0 aliphatic carbocycles. The van der Waals surface area contributed by atoms with Crippen LogP contribution < -0.4 is 0 Å². The van der Waals surface area contributed by atoms with Crippen LogP contribution in [-0.2, 0) is 28.6 Å². The molecule has 298 valence electrons. The molecule has 52 heavy (non-hydrogen) atoms. The highest BCUT2D eigenvalue weighted by Crippen LogP contribution is 2.37. The zero-order chi connectivity index (χ0) is 37.9. The van der Waals surface area contributed by atoms with Gasteiger partial charge in [-0.05, 0) is 37.1 Å². The summed E-state index contributed by atoms with van der Waals surface area (Å²) >= 11 is 6.79. The van der Waals surface area contributed by atoms with Gasteiger partial charge in [0.05, 0.1) is 13.2 Å². The molecule has 0 amide bonds. The van der Waals surface area contributed by atoms with Crippen molar-refractivity contribution in [3.8, 4) is 11.1 Å². The molecule has 0 heterocycles. The van der Waals surface area contributed by atoms with Crippen molar-refractivity contribution in [1.29, 1.82) is 0 Å². The average Bonchev–Trinajstić information content (AvgIpc) is 3.12. The number of benzene rings is 2. The molecule has 10 heteroatoms. The lowest BCUT2D eigenvalue weighted by molar-refractivity contribution is 0.305. The van der Waals surface area contributed by atoms with Gasteiger partial charge in [-0.25, -0.2) is 0 Å². The Labute approximate surface area is 335 Å². The molecule has 2 aromatic rings. The van der Waals surface area contributed by atoms with Crippen molar-refractivity contribution in [1.82, 2.24) is 0 Å². The zero-order valence-corrected chi connectivity index (χ0v) is 37.1. The maximum atomic E-state index is 13.5. The topological polar surface area (TPSA) is 86.7 Å². The summed E-state index contributed by atoms with van der Waals surface area (Å²) in [5.74, 6) is 0. The van der Waals surface area contributed by atoms with E-state index in [1.165, 1.54) is 128 Å². The SMILES string of the molecule is CCCCCCCCCCCCCCCOS(=O)(=O)c1cc(Br)ccc1-c1ccc(Br)cc1S(=O)(=O)OCCCCCCCCCCCCCCC. The van der Waals surface area contributed by atoms with E-state index < -0.39 is 20.2 Å². The van der Waals surface area contributed by atoms with Crippen molar-refractivity contribution in [2.75, 3.05) is 13.2 Å². The second-order valence-corrected chi connectivity index (χ2v) is 19.3. The minimum absolute atomic E-state index is 0.0770. The van der Waals surface area contributed by atoms with Crippen molar-refractivity contribution < 1.29 is 25.2 Å². The molecule has 0 saturated carbocycles. The van der Waals surface area contributed by atoms with Gasteiger partial charge < -0.3 is 0 Å². The Kier molecular flexibility index (Phi) is 26.1. The number of unbranched alkanes of at least 4 members (excludes halogenated alkanes) is 24. The van der Waals surface area contributed by atoms with Crippen LogP contribution in [0, 0.1) is 0 Å². The van der Waals surface area contributed by atoms with E-state index in [9.17, 15) is 16.8 Å². The van der Waals surface area contributed by atoms with Crippen LogP contribution in [0.4, 0.5) is 0 Å². The molecule has 0 saturated heterocycles. The van der Waals surface area contributed by atoms with Gasteiger partial charge in [0.25, 0.3) is 20.2 Å². The summed E-state index contributed by atoms with van der Waals surface area (Å²) in [6.45, 7) is 4.66. The number of halogens is 2. The molecule has 0 fully saturated rings. The molecule has 0 unspecified atom stereocenters. The predicted octanol–water partition coefficient (Wildman–Crippen LogP) is 14.5. The van der Waals surface area contributed by atoms with E-state index in [2.05, 4.69) is 45.7 Å². The summed E-state index contributed by atoms with van der Waals surface area (Å²) in [6.07, 6.45) is 31.1. The highest BCUT2D eigenvalue weighted by Gasteiger charge is 2.27. The molecular formula is C42H68Br2O6S2. The lowest BCUT2D eigenvalue weighted by Gasteiger charge is -2.16. The fourth-order valence-corrected chi connectivity index (χ4v) is 9.95. The molecule has 0 radical (unpaired) electrons. The summed E-state index contributed by atoms with van der Waals surface area (Å²) in [4.78, 5) is -0.154. The summed E-state index contributed by atoms with van der Waals surface area (Å²) < 4.78 is 66.2.